The molecule has 0 aromatic carbocycles. The van der Waals surface area contributed by atoms with Crippen LogP contribution in [0, 0.1) is 0 Å². The van der Waals surface area contributed by atoms with Crippen LogP contribution in [0.25, 0.3) is 67.5 Å². The number of hydrogen-bond acceptors (Lipinski definition) is 12. The van der Waals surface area contributed by atoms with Crippen LogP contribution in [0.3, 0.4) is 0 Å². The van der Waals surface area contributed by atoms with Crippen LogP contribution in [0.15, 0.2) is 133 Å². The third-order valence-electron chi connectivity index (χ3n) is 7.71. The van der Waals surface area contributed by atoms with E-state index in [1.54, 1.807) is 30.7 Å². The number of unbranched alkanes of at least 4 members (excludes halogenated alkanes) is 1. The van der Waals surface area contributed by atoms with E-state index in [0.29, 0.717) is 11.4 Å². The third-order valence-corrected chi connectivity index (χ3v) is 8.18. The summed E-state index contributed by atoms with van der Waals surface area (Å²) in [7, 11) is 1.98. The smallest absolute Gasteiger partial charge is 0.397 e. The zero-order chi connectivity index (χ0) is 40.4. The van der Waals surface area contributed by atoms with E-state index >= 15 is 0 Å². The summed E-state index contributed by atoms with van der Waals surface area (Å²) >= 11 is 3.35. The zero-order valence-electron chi connectivity index (χ0n) is 32.0. The number of halogens is 1. The van der Waals surface area contributed by atoms with Gasteiger partial charge >= 0.3 is 29.6 Å². The molecule has 0 saturated carbocycles. The second-order valence-electron chi connectivity index (χ2n) is 11.7. The van der Waals surface area contributed by atoms with Crippen LogP contribution in [0.5, 0.6) is 0 Å². The van der Waals surface area contributed by atoms with Crippen molar-refractivity contribution in [3.63, 3.8) is 0 Å². The largest absolute Gasteiger partial charge is 1.00 e. The number of nitrogens with one attached hydrogen (secondary N) is 1. The number of nitrogens with two attached hydrogens (primary N) is 2. The van der Waals surface area contributed by atoms with Crippen molar-refractivity contribution in [2.24, 2.45) is 0 Å². The van der Waals surface area contributed by atoms with Gasteiger partial charge in [0.15, 0.2) is 34.4 Å². The molecule has 288 valence electrons. The van der Waals surface area contributed by atoms with Gasteiger partial charge in [0, 0.05) is 29.3 Å². The number of hydrogen-bond donors (Lipinski definition) is 3. The molecule has 5 N–H and O–H groups in total. The molecule has 0 spiro atoms. The molecule has 0 aliphatic heterocycles. The fourth-order valence-corrected chi connectivity index (χ4v) is 5.22. The first kappa shape index (κ1) is 44.4. The molecule has 58 heavy (non-hydrogen) atoms. The van der Waals surface area contributed by atoms with Crippen molar-refractivity contribution in [2.45, 2.75) is 19.8 Å². The van der Waals surface area contributed by atoms with Gasteiger partial charge in [0.25, 0.3) is 0 Å². The maximum Gasteiger partial charge on any atom is 1.00 e. The fraction of sp³-hybridized carbons (Fsp3) is 0.132. The Morgan fingerprint density at radius 2 is 0.966 bits per heavy atom. The summed E-state index contributed by atoms with van der Waals surface area (Å²) in [5.74, 6) is 2.19. The van der Waals surface area contributed by atoms with Crippen molar-refractivity contribution in [2.75, 3.05) is 25.1 Å². The van der Waals surface area contributed by atoms with Crippen LogP contribution < -0.4 is 46.3 Å². The maximum absolute atomic E-state index is 6.75. The zero-order valence-corrected chi connectivity index (χ0v) is 35.6. The fourth-order valence-electron chi connectivity index (χ4n) is 4.99. The van der Waals surface area contributed by atoms with Crippen LogP contribution in [-0.2, 0) is 0 Å². The minimum atomic E-state index is 0. The normalized spacial score (nSPS) is 9.98. The molecule has 0 aliphatic carbocycles. The van der Waals surface area contributed by atoms with Crippen molar-refractivity contribution in [1.82, 2.24) is 64.1 Å². The van der Waals surface area contributed by atoms with E-state index in [1.807, 2.05) is 118 Å². The number of pyridine rings is 6. The Bertz CT molecular complexity index is 2340. The van der Waals surface area contributed by atoms with Gasteiger partial charge in [-0.15, -0.1) is 30.6 Å². The van der Waals surface area contributed by atoms with Crippen LogP contribution in [0.2, 0.25) is 0 Å². The summed E-state index contributed by atoms with van der Waals surface area (Å²) in [6.07, 6.45) is 13.3. The summed E-state index contributed by atoms with van der Waals surface area (Å²) in [6, 6.07) is 28.4. The molecule has 0 unspecified atom stereocenters. The number of nitrogens with zero attached hydrogens (tertiary/aromatic N) is 15. The number of aromatic nitrogens is 12. The Hall–Kier alpha value is -6.34. The summed E-state index contributed by atoms with van der Waals surface area (Å²) < 4.78 is 6.64. The van der Waals surface area contributed by atoms with Crippen molar-refractivity contribution in [1.29, 1.82) is 0 Å². The molecule has 9 rings (SSSR count). The van der Waals surface area contributed by atoms with Crippen molar-refractivity contribution < 1.29 is 29.6 Å². The summed E-state index contributed by atoms with van der Waals surface area (Å²) in [6.45, 7) is 3.36. The van der Waals surface area contributed by atoms with E-state index in [0.717, 1.165) is 62.5 Å². The Morgan fingerprint density at radius 1 is 0.586 bits per heavy atom. The van der Waals surface area contributed by atoms with E-state index in [1.165, 1.54) is 17.8 Å². The van der Waals surface area contributed by atoms with E-state index < -0.39 is 0 Å². The second-order valence-corrected chi connectivity index (χ2v) is 12.6. The van der Waals surface area contributed by atoms with Gasteiger partial charge in [-0.1, -0.05) is 31.5 Å². The van der Waals surface area contributed by atoms with Gasteiger partial charge in [-0.2, -0.15) is 0 Å². The molecule has 0 fully saturated rings. The Kier molecular flexibility index (Phi) is 17.6. The molecular formula is C38H38BrN18Na. The molecule has 9 heterocycles. The molecule has 0 radical (unpaired) electrons. The molecule has 0 bridgehead atoms. The van der Waals surface area contributed by atoms with Gasteiger partial charge in [-0.05, 0) is 109 Å². The summed E-state index contributed by atoms with van der Waals surface area (Å²) in [5, 5.41) is 27.6. The quantitative estimate of drug-likeness (QED) is 0.0701. The Balaban J connectivity index is 0.000000173. The molecule has 0 amide bonds. The minimum Gasteiger partial charge on any atom is -0.397 e. The van der Waals surface area contributed by atoms with E-state index in [2.05, 4.69) is 73.7 Å². The number of anilines is 2. The molecule has 18 nitrogen and oxygen atoms in total. The monoisotopic (exact) mass is 848 g/mol. The molecule has 0 saturated heterocycles. The number of fused-ring (bicyclic) bond motifs is 3. The van der Waals surface area contributed by atoms with Gasteiger partial charge in [0.1, 0.15) is 17.1 Å². The predicted molar refractivity (Wildman–Crippen MR) is 224 cm³/mol. The number of nitrogen functional groups attached to an aromatic ring is 2. The first-order valence-electron chi connectivity index (χ1n) is 17.4. The second kappa shape index (κ2) is 23.0. The van der Waals surface area contributed by atoms with Crippen LogP contribution in [0.1, 0.15) is 19.8 Å². The third kappa shape index (κ3) is 12.1. The van der Waals surface area contributed by atoms with Crippen LogP contribution >= 0.6 is 15.9 Å². The first-order chi connectivity index (χ1) is 27.9. The van der Waals surface area contributed by atoms with E-state index in [-0.39, 0.29) is 29.6 Å². The van der Waals surface area contributed by atoms with E-state index in [4.69, 9.17) is 22.5 Å². The first-order valence-corrected chi connectivity index (χ1v) is 18.2. The predicted octanol–water partition coefficient (Wildman–Crippen LogP) is 4.18. The minimum absolute atomic E-state index is 0. The Morgan fingerprint density at radius 3 is 1.26 bits per heavy atom. The summed E-state index contributed by atoms with van der Waals surface area (Å²) in [4.78, 5) is 14.2. The van der Waals surface area contributed by atoms with Crippen molar-refractivity contribution >= 4 is 44.2 Å². The summed E-state index contributed by atoms with van der Waals surface area (Å²) in [5.41, 5.74) is 30.7. The van der Waals surface area contributed by atoms with Gasteiger partial charge in [0.2, 0.25) is 0 Å². The molecule has 0 aliphatic rings. The average Bonchev–Trinajstić information content (AvgIpc) is 4.00. The van der Waals surface area contributed by atoms with Gasteiger partial charge < -0.3 is 27.8 Å². The standard InChI is InChI=1S/C11H7BrN4.2C11H9N5.C5H13N.N3.Na/c3*12-8-4-5-9(13-7-8)11-15-14-10-3-1-2-6-16(10)11;1-3-4-5-6-2;1-3-2;/h1-7H;2*1-7H,12H2;6H,3-5H2,1-2H3;;/q;;;;-1;+1. The van der Waals surface area contributed by atoms with Crippen LogP contribution in [-0.4, -0.2) is 72.3 Å². The SMILES string of the molecule is Brc1ccc(-c2nnc3ccccn23)nc1.CCCCNC.Nc1ccc(-c2nnc3ccccn23)nc1.Nc1ccc(-c2nnc3ccccn23)nc1.[N-]=[N+]=[N-].[Na+]. The van der Waals surface area contributed by atoms with Crippen molar-refractivity contribution in [3.05, 3.63) is 149 Å². The molecular weight excluding hydrogens is 811 g/mol. The molecule has 20 heteroatoms. The van der Waals surface area contributed by atoms with Gasteiger partial charge in [-0.3, -0.25) is 33.1 Å². The van der Waals surface area contributed by atoms with Crippen molar-refractivity contribution in [3.8, 4) is 34.6 Å². The molecule has 0 atom stereocenters. The van der Waals surface area contributed by atoms with Gasteiger partial charge in [0.05, 0.1) is 23.8 Å². The average molecular weight is 850 g/mol. The number of rotatable bonds is 6. The maximum atomic E-state index is 6.75. The van der Waals surface area contributed by atoms with Crippen LogP contribution in [0.4, 0.5) is 11.4 Å². The molecule has 9 aromatic rings. The van der Waals surface area contributed by atoms with E-state index in [9.17, 15) is 0 Å². The molecule has 9 aromatic heterocycles. The van der Waals surface area contributed by atoms with Gasteiger partial charge in [-0.25, -0.2) is 0 Å². The topological polar surface area (TPSA) is 252 Å². The Labute approximate surface area is 363 Å².